The van der Waals surface area contributed by atoms with E-state index in [9.17, 15) is 25.2 Å². The molecule has 1 aromatic rings. The predicted octanol–water partition coefficient (Wildman–Crippen LogP) is 1.98. The lowest BCUT2D eigenvalue weighted by atomic mass is 9.85. The van der Waals surface area contributed by atoms with Crippen LogP contribution in [0.4, 0.5) is 0 Å². The van der Waals surface area contributed by atoms with Gasteiger partial charge >= 0.3 is 0 Å². The van der Waals surface area contributed by atoms with Gasteiger partial charge in [-0.2, -0.15) is 0 Å². The number of hydrogen-bond acceptors (Lipinski definition) is 5. The number of rotatable bonds is 12. The molecule has 0 amide bonds. The van der Waals surface area contributed by atoms with Crippen LogP contribution < -0.4 is 5.11 Å². The van der Waals surface area contributed by atoms with Crippen molar-refractivity contribution in [3.8, 4) is 0 Å². The number of aliphatic carboxylic acids is 1. The second-order valence-corrected chi connectivity index (χ2v) is 7.92. The molecule has 3 N–H and O–H groups in total. The molecule has 0 saturated heterocycles. The Balaban J connectivity index is 1.74. The van der Waals surface area contributed by atoms with Gasteiger partial charge in [0.1, 0.15) is 0 Å². The first-order chi connectivity index (χ1) is 13.5. The van der Waals surface area contributed by atoms with Crippen LogP contribution in [0.1, 0.15) is 56.9 Å². The standard InChI is InChI=1S/C23H34O5/c24-18(13-12-17-8-4-3-5-9-17)14-15-20-19(21(25)16-22(20)26)10-6-1-2-7-11-23(27)28/h1,3-6,8-9,18-22,24-26H,2,7,10-16H2,(H,27,28)/p-1/b6-1-/t18-,19+,20+,21-,22+/m0/s1. The van der Waals surface area contributed by atoms with Gasteiger partial charge in [0.2, 0.25) is 0 Å². The molecule has 0 heterocycles. The maximum absolute atomic E-state index is 10.4. The highest BCUT2D eigenvalue weighted by Gasteiger charge is 2.40. The molecule has 156 valence electrons. The van der Waals surface area contributed by atoms with Gasteiger partial charge in [-0.05, 0) is 75.2 Å². The molecule has 1 aliphatic carbocycles. The van der Waals surface area contributed by atoms with Crippen molar-refractivity contribution in [3.63, 3.8) is 0 Å². The van der Waals surface area contributed by atoms with E-state index in [1.54, 1.807) is 0 Å². The Hall–Kier alpha value is -1.69. The number of allylic oxidation sites excluding steroid dienone is 2. The lowest BCUT2D eigenvalue weighted by Gasteiger charge is -2.23. The lowest BCUT2D eigenvalue weighted by Crippen LogP contribution is -2.23. The van der Waals surface area contributed by atoms with Crippen LogP contribution in [-0.4, -0.2) is 39.6 Å². The monoisotopic (exact) mass is 389 g/mol. The van der Waals surface area contributed by atoms with Gasteiger partial charge in [0.15, 0.2) is 0 Å². The predicted molar refractivity (Wildman–Crippen MR) is 106 cm³/mol. The normalized spacial score (nSPS) is 26.0. The van der Waals surface area contributed by atoms with E-state index < -0.39 is 24.3 Å². The molecular formula is C23H33O5-. The average molecular weight is 390 g/mol. The van der Waals surface area contributed by atoms with Crippen molar-refractivity contribution in [1.82, 2.24) is 0 Å². The molecule has 1 aliphatic rings. The number of carboxylic acid groups (broad SMARTS) is 1. The van der Waals surface area contributed by atoms with Crippen molar-refractivity contribution in [2.45, 2.75) is 76.1 Å². The second kappa shape index (κ2) is 12.0. The summed E-state index contributed by atoms with van der Waals surface area (Å²) in [6.07, 6.45) is 7.58. The van der Waals surface area contributed by atoms with E-state index in [-0.39, 0.29) is 18.3 Å². The molecule has 5 heteroatoms. The SMILES string of the molecule is O=C([O-])CCC/C=C\C[C@@H]1[C@@H](CC[C@@H](O)CCc2ccccc2)[C@H](O)C[C@@H]1O. The van der Waals surface area contributed by atoms with Gasteiger partial charge in [0.25, 0.3) is 0 Å². The number of aliphatic hydroxyl groups is 3. The summed E-state index contributed by atoms with van der Waals surface area (Å²) in [5.74, 6) is -1.07. The molecule has 2 rings (SSSR count). The van der Waals surface area contributed by atoms with Crippen molar-refractivity contribution in [3.05, 3.63) is 48.0 Å². The fourth-order valence-corrected chi connectivity index (χ4v) is 4.15. The molecule has 0 bridgehead atoms. The van der Waals surface area contributed by atoms with Crippen LogP contribution in [0.5, 0.6) is 0 Å². The summed E-state index contributed by atoms with van der Waals surface area (Å²) >= 11 is 0. The molecule has 0 unspecified atom stereocenters. The van der Waals surface area contributed by atoms with E-state index in [2.05, 4.69) is 12.1 Å². The van der Waals surface area contributed by atoms with Crippen LogP contribution in [0.15, 0.2) is 42.5 Å². The molecule has 1 aromatic carbocycles. The maximum Gasteiger partial charge on any atom is 0.0599 e. The number of carbonyl (C=O) groups excluding carboxylic acids is 1. The Morgan fingerprint density at radius 2 is 1.82 bits per heavy atom. The van der Waals surface area contributed by atoms with Gasteiger partial charge in [-0.3, -0.25) is 0 Å². The van der Waals surface area contributed by atoms with E-state index in [1.165, 1.54) is 5.56 Å². The third-order valence-electron chi connectivity index (χ3n) is 5.79. The molecular weight excluding hydrogens is 356 g/mol. The van der Waals surface area contributed by atoms with Crippen LogP contribution in [0.3, 0.4) is 0 Å². The zero-order valence-electron chi connectivity index (χ0n) is 16.5. The summed E-state index contributed by atoms with van der Waals surface area (Å²) in [6, 6.07) is 10.1. The number of aliphatic hydroxyl groups excluding tert-OH is 3. The quantitative estimate of drug-likeness (QED) is 0.375. The molecule has 1 fully saturated rings. The topological polar surface area (TPSA) is 101 Å². The van der Waals surface area contributed by atoms with Crippen molar-refractivity contribution < 1.29 is 25.2 Å². The van der Waals surface area contributed by atoms with Crippen molar-refractivity contribution >= 4 is 5.97 Å². The van der Waals surface area contributed by atoms with Crippen molar-refractivity contribution in [2.75, 3.05) is 0 Å². The summed E-state index contributed by atoms with van der Waals surface area (Å²) in [5, 5.41) is 41.3. The van der Waals surface area contributed by atoms with Crippen LogP contribution in [0.25, 0.3) is 0 Å². The minimum absolute atomic E-state index is 0.0192. The minimum Gasteiger partial charge on any atom is -0.550 e. The van der Waals surface area contributed by atoms with Crippen LogP contribution in [0, 0.1) is 11.8 Å². The highest BCUT2D eigenvalue weighted by Crippen LogP contribution is 2.38. The fourth-order valence-electron chi connectivity index (χ4n) is 4.15. The molecule has 1 saturated carbocycles. The first-order valence-corrected chi connectivity index (χ1v) is 10.4. The summed E-state index contributed by atoms with van der Waals surface area (Å²) in [6.45, 7) is 0. The maximum atomic E-state index is 10.4. The van der Waals surface area contributed by atoms with Gasteiger partial charge in [-0.15, -0.1) is 0 Å². The largest absolute Gasteiger partial charge is 0.550 e. The lowest BCUT2D eigenvalue weighted by molar-refractivity contribution is -0.305. The Bertz CT molecular complexity index is 600. The molecule has 0 aliphatic heterocycles. The van der Waals surface area contributed by atoms with Gasteiger partial charge in [-0.1, -0.05) is 42.5 Å². The third-order valence-corrected chi connectivity index (χ3v) is 5.79. The van der Waals surface area contributed by atoms with Crippen molar-refractivity contribution in [2.24, 2.45) is 11.8 Å². The summed E-state index contributed by atoms with van der Waals surface area (Å²) in [7, 11) is 0. The number of aryl methyl sites for hydroxylation is 1. The van der Waals surface area contributed by atoms with E-state index in [4.69, 9.17) is 0 Å². The van der Waals surface area contributed by atoms with Crippen LogP contribution in [-0.2, 0) is 11.2 Å². The number of benzene rings is 1. The number of hydrogen-bond donors (Lipinski definition) is 3. The third kappa shape index (κ3) is 7.74. The van der Waals surface area contributed by atoms with Crippen molar-refractivity contribution in [1.29, 1.82) is 0 Å². The first kappa shape index (κ1) is 22.6. The Morgan fingerprint density at radius 1 is 1.11 bits per heavy atom. The van der Waals surface area contributed by atoms with Gasteiger partial charge in [-0.25, -0.2) is 0 Å². The van der Waals surface area contributed by atoms with E-state index in [0.717, 1.165) is 6.42 Å². The highest BCUT2D eigenvalue weighted by atomic mass is 16.4. The second-order valence-electron chi connectivity index (χ2n) is 7.92. The summed E-state index contributed by atoms with van der Waals surface area (Å²) in [4.78, 5) is 10.4. The minimum atomic E-state index is -1.03. The Morgan fingerprint density at radius 3 is 2.54 bits per heavy atom. The molecule has 5 nitrogen and oxygen atoms in total. The first-order valence-electron chi connectivity index (χ1n) is 10.4. The number of carbonyl (C=O) groups is 1. The molecule has 0 radical (unpaired) electrons. The molecule has 5 atom stereocenters. The van der Waals surface area contributed by atoms with E-state index >= 15 is 0 Å². The van der Waals surface area contributed by atoms with E-state index in [1.807, 2.05) is 30.4 Å². The number of carboxylic acids is 1. The summed E-state index contributed by atoms with van der Waals surface area (Å²) < 4.78 is 0. The molecule has 0 spiro atoms. The highest BCUT2D eigenvalue weighted by molar-refractivity contribution is 5.64. The van der Waals surface area contributed by atoms with Gasteiger partial charge in [0.05, 0.1) is 18.3 Å². The fraction of sp³-hybridized carbons (Fsp3) is 0.609. The van der Waals surface area contributed by atoms with Gasteiger partial charge < -0.3 is 25.2 Å². The number of unbranched alkanes of at least 4 members (excludes halogenated alkanes) is 1. The van der Waals surface area contributed by atoms with E-state index in [0.29, 0.717) is 44.9 Å². The van der Waals surface area contributed by atoms with Crippen LogP contribution >= 0.6 is 0 Å². The zero-order valence-corrected chi connectivity index (χ0v) is 16.5. The van der Waals surface area contributed by atoms with Crippen LogP contribution in [0.2, 0.25) is 0 Å². The Labute approximate surface area is 167 Å². The molecule has 0 aromatic heterocycles. The molecule has 28 heavy (non-hydrogen) atoms. The Kier molecular flexibility index (Phi) is 9.68. The smallest absolute Gasteiger partial charge is 0.0599 e. The van der Waals surface area contributed by atoms with Gasteiger partial charge in [0, 0.05) is 5.97 Å². The zero-order chi connectivity index (χ0) is 20.4. The average Bonchev–Trinajstić information content (AvgIpc) is 2.94. The summed E-state index contributed by atoms with van der Waals surface area (Å²) in [5.41, 5.74) is 1.21.